The van der Waals surface area contributed by atoms with Gasteiger partial charge in [-0.15, -0.1) is 11.8 Å². The lowest BCUT2D eigenvalue weighted by Crippen LogP contribution is -2.39. The zero-order chi connectivity index (χ0) is 17.5. The van der Waals surface area contributed by atoms with Crippen LogP contribution < -0.4 is 5.32 Å². The Labute approximate surface area is 147 Å². The molecular weight excluding hydrogens is 326 g/mol. The van der Waals surface area contributed by atoms with Gasteiger partial charge in [0.1, 0.15) is 0 Å². The third-order valence-electron chi connectivity index (χ3n) is 4.36. The highest BCUT2D eigenvalue weighted by molar-refractivity contribution is 8.00. The van der Waals surface area contributed by atoms with E-state index in [1.807, 2.05) is 26.0 Å². The molecule has 24 heavy (non-hydrogen) atoms. The van der Waals surface area contributed by atoms with Gasteiger partial charge in [0.05, 0.1) is 11.7 Å². The van der Waals surface area contributed by atoms with Crippen LogP contribution in [0.4, 0.5) is 0 Å². The molecule has 2 rings (SSSR count). The number of hydrogen-bond donors (Lipinski definition) is 2. The summed E-state index contributed by atoms with van der Waals surface area (Å²) < 4.78 is 5.28. The molecule has 1 saturated heterocycles. The predicted octanol–water partition coefficient (Wildman–Crippen LogP) is 2.64. The number of benzene rings is 1. The zero-order valence-electron chi connectivity index (χ0n) is 14.2. The molecule has 1 unspecified atom stereocenters. The minimum absolute atomic E-state index is 0.0727. The Morgan fingerprint density at radius 3 is 2.67 bits per heavy atom. The number of carboxylic acid groups (broad SMARTS) is 1. The number of thioether (sulfide) groups is 1. The number of aliphatic carboxylic acids is 1. The zero-order valence-corrected chi connectivity index (χ0v) is 15.0. The summed E-state index contributed by atoms with van der Waals surface area (Å²) in [4.78, 5) is 24.6. The molecule has 0 radical (unpaired) electrons. The molecule has 0 spiro atoms. The van der Waals surface area contributed by atoms with E-state index in [1.165, 1.54) is 17.3 Å². The molecule has 1 heterocycles. The second-order valence-corrected chi connectivity index (χ2v) is 7.27. The molecule has 1 aliphatic rings. The average Bonchev–Trinajstić information content (AvgIpc) is 2.55. The quantitative estimate of drug-likeness (QED) is 0.739. The van der Waals surface area contributed by atoms with Crippen molar-refractivity contribution in [1.82, 2.24) is 5.32 Å². The van der Waals surface area contributed by atoms with E-state index in [4.69, 9.17) is 4.74 Å². The monoisotopic (exact) mass is 351 g/mol. The Balaban J connectivity index is 1.81. The van der Waals surface area contributed by atoms with Crippen LogP contribution in [0.25, 0.3) is 0 Å². The summed E-state index contributed by atoms with van der Waals surface area (Å²) in [5.74, 6) is -1.14. The highest BCUT2D eigenvalue weighted by atomic mass is 32.2. The lowest BCUT2D eigenvalue weighted by molar-refractivity contribution is -0.144. The maximum atomic E-state index is 12.1. The van der Waals surface area contributed by atoms with E-state index < -0.39 is 11.9 Å². The number of nitrogens with one attached hydrogen (secondary N) is 1. The molecule has 1 atom stereocenters. The van der Waals surface area contributed by atoms with Crippen molar-refractivity contribution in [3.63, 3.8) is 0 Å². The number of aryl methyl sites for hydroxylation is 2. The second kappa shape index (κ2) is 9.08. The van der Waals surface area contributed by atoms with Crippen molar-refractivity contribution in [3.05, 3.63) is 29.3 Å². The molecule has 0 aromatic heterocycles. The minimum atomic E-state index is -0.843. The number of rotatable bonds is 7. The Morgan fingerprint density at radius 1 is 1.33 bits per heavy atom. The molecule has 1 aromatic rings. The maximum Gasteiger partial charge on any atom is 0.308 e. The van der Waals surface area contributed by atoms with Crippen molar-refractivity contribution in [3.8, 4) is 0 Å². The van der Waals surface area contributed by atoms with E-state index in [2.05, 4.69) is 11.4 Å². The van der Waals surface area contributed by atoms with Gasteiger partial charge in [-0.1, -0.05) is 17.7 Å². The summed E-state index contributed by atoms with van der Waals surface area (Å²) in [6.45, 7) is 5.46. The van der Waals surface area contributed by atoms with Gasteiger partial charge in [-0.25, -0.2) is 0 Å². The molecular formula is C18H25NO4S. The highest BCUT2D eigenvalue weighted by Crippen LogP contribution is 2.25. The number of carboxylic acids is 1. The van der Waals surface area contributed by atoms with Gasteiger partial charge in [-0.3, -0.25) is 9.59 Å². The van der Waals surface area contributed by atoms with E-state index in [0.717, 1.165) is 23.3 Å². The van der Waals surface area contributed by atoms with E-state index >= 15 is 0 Å². The van der Waals surface area contributed by atoms with Crippen LogP contribution in [-0.2, 0) is 14.3 Å². The molecule has 1 amide bonds. The van der Waals surface area contributed by atoms with Gasteiger partial charge in [-0.05, 0) is 44.2 Å². The van der Waals surface area contributed by atoms with Gasteiger partial charge in [0, 0.05) is 24.7 Å². The van der Waals surface area contributed by atoms with Crippen molar-refractivity contribution in [1.29, 1.82) is 0 Å². The van der Waals surface area contributed by atoms with Gasteiger partial charge < -0.3 is 15.2 Å². The topological polar surface area (TPSA) is 75.6 Å². The molecule has 6 heteroatoms. The van der Waals surface area contributed by atoms with Crippen LogP contribution in [0.1, 0.15) is 24.0 Å². The van der Waals surface area contributed by atoms with Crippen molar-refractivity contribution in [2.45, 2.75) is 31.6 Å². The van der Waals surface area contributed by atoms with Gasteiger partial charge in [0.2, 0.25) is 5.91 Å². The Morgan fingerprint density at radius 2 is 2.04 bits per heavy atom. The fourth-order valence-electron chi connectivity index (χ4n) is 2.95. The molecule has 1 aromatic carbocycles. The molecule has 1 aliphatic heterocycles. The first kappa shape index (κ1) is 18.8. The number of carbonyl (C=O) groups excluding carboxylic acids is 1. The summed E-state index contributed by atoms with van der Waals surface area (Å²) in [5.41, 5.74) is 2.35. The minimum Gasteiger partial charge on any atom is -0.481 e. The molecule has 0 aliphatic carbocycles. The highest BCUT2D eigenvalue weighted by Gasteiger charge is 2.29. The second-order valence-electron chi connectivity index (χ2n) is 6.26. The van der Waals surface area contributed by atoms with Gasteiger partial charge in [-0.2, -0.15) is 0 Å². The number of hydrogen-bond acceptors (Lipinski definition) is 4. The SMILES string of the molecule is Cc1ccc(SCC(=O)NCC(C(=O)O)C2CCOCC2)c(C)c1. The lowest BCUT2D eigenvalue weighted by Gasteiger charge is -2.27. The Kier molecular flexibility index (Phi) is 7.12. The van der Waals surface area contributed by atoms with Crippen molar-refractivity contribution in [2.75, 3.05) is 25.5 Å². The summed E-state index contributed by atoms with van der Waals surface area (Å²) >= 11 is 1.48. The Bertz CT molecular complexity index is 584. The van der Waals surface area contributed by atoms with Crippen LogP contribution in [0.15, 0.2) is 23.1 Å². The first-order valence-electron chi connectivity index (χ1n) is 8.24. The normalized spacial score (nSPS) is 16.6. The van der Waals surface area contributed by atoms with Gasteiger partial charge >= 0.3 is 5.97 Å². The predicted molar refractivity (Wildman–Crippen MR) is 94.3 cm³/mol. The van der Waals surface area contributed by atoms with Crippen LogP contribution in [0.5, 0.6) is 0 Å². The Hall–Kier alpha value is -1.53. The molecule has 2 N–H and O–H groups in total. The van der Waals surface area contributed by atoms with Crippen LogP contribution in [-0.4, -0.2) is 42.5 Å². The van der Waals surface area contributed by atoms with E-state index in [0.29, 0.717) is 19.0 Å². The average molecular weight is 351 g/mol. The van der Waals surface area contributed by atoms with Gasteiger partial charge in [0.15, 0.2) is 0 Å². The third kappa shape index (κ3) is 5.53. The molecule has 0 bridgehead atoms. The van der Waals surface area contributed by atoms with Crippen molar-refractivity contribution >= 4 is 23.6 Å². The van der Waals surface area contributed by atoms with Crippen LogP contribution in [0, 0.1) is 25.7 Å². The largest absolute Gasteiger partial charge is 0.481 e. The summed E-state index contributed by atoms with van der Waals surface area (Å²) in [6, 6.07) is 6.13. The summed E-state index contributed by atoms with van der Waals surface area (Å²) in [5, 5.41) is 12.2. The molecule has 1 fully saturated rings. The maximum absolute atomic E-state index is 12.1. The first-order chi connectivity index (χ1) is 11.5. The standard InChI is InChI=1S/C18H25NO4S/c1-12-3-4-16(13(2)9-12)24-11-17(20)19-10-15(18(21)22)14-5-7-23-8-6-14/h3-4,9,14-15H,5-8,10-11H2,1-2H3,(H,19,20)(H,21,22). The van der Waals surface area contributed by atoms with E-state index in [1.54, 1.807) is 0 Å². The molecule has 5 nitrogen and oxygen atoms in total. The van der Waals surface area contributed by atoms with Crippen molar-refractivity contribution < 1.29 is 19.4 Å². The van der Waals surface area contributed by atoms with E-state index in [9.17, 15) is 14.7 Å². The number of amides is 1. The first-order valence-corrected chi connectivity index (χ1v) is 9.23. The lowest BCUT2D eigenvalue weighted by atomic mass is 9.86. The fraction of sp³-hybridized carbons (Fsp3) is 0.556. The molecule has 0 saturated carbocycles. The van der Waals surface area contributed by atoms with E-state index in [-0.39, 0.29) is 18.4 Å². The summed E-state index contributed by atoms with van der Waals surface area (Å²) in [6.07, 6.45) is 1.48. The molecule has 132 valence electrons. The van der Waals surface area contributed by atoms with Crippen molar-refractivity contribution in [2.24, 2.45) is 11.8 Å². The van der Waals surface area contributed by atoms with Crippen LogP contribution >= 0.6 is 11.8 Å². The van der Waals surface area contributed by atoms with Crippen LogP contribution in [0.2, 0.25) is 0 Å². The summed E-state index contributed by atoms with van der Waals surface area (Å²) in [7, 11) is 0. The van der Waals surface area contributed by atoms with Gasteiger partial charge in [0.25, 0.3) is 0 Å². The fourth-order valence-corrected chi connectivity index (χ4v) is 3.79. The smallest absolute Gasteiger partial charge is 0.308 e. The van der Waals surface area contributed by atoms with Crippen LogP contribution in [0.3, 0.4) is 0 Å². The number of ether oxygens (including phenoxy) is 1. The third-order valence-corrected chi connectivity index (χ3v) is 5.54. The number of carbonyl (C=O) groups is 2.